The van der Waals surface area contributed by atoms with Gasteiger partial charge < -0.3 is 10.2 Å². The molecule has 1 heterocycles. The van der Waals surface area contributed by atoms with Crippen LogP contribution in [-0.4, -0.2) is 29.9 Å². The van der Waals surface area contributed by atoms with Crippen molar-refractivity contribution in [3.05, 3.63) is 95.3 Å². The molecule has 0 atom stereocenters. The van der Waals surface area contributed by atoms with E-state index in [1.807, 2.05) is 0 Å². The van der Waals surface area contributed by atoms with E-state index in [0.29, 0.717) is 30.8 Å². The first-order valence-electron chi connectivity index (χ1n) is 10.1. The van der Waals surface area contributed by atoms with Gasteiger partial charge in [0.25, 0.3) is 5.91 Å². The molecule has 3 amide bonds. The lowest BCUT2D eigenvalue weighted by Crippen LogP contribution is -2.49. The van der Waals surface area contributed by atoms with E-state index < -0.39 is 23.1 Å². The minimum absolute atomic E-state index is 0.144. The molecular formula is C24H20F3N3O2. The minimum Gasteiger partial charge on any atom is -0.322 e. The Hall–Kier alpha value is -3.81. The van der Waals surface area contributed by atoms with Crippen LogP contribution in [-0.2, 0) is 6.54 Å². The molecule has 0 aromatic heterocycles. The summed E-state index contributed by atoms with van der Waals surface area (Å²) in [5.41, 5.74) is 0.549. The minimum atomic E-state index is -0.964. The highest BCUT2D eigenvalue weighted by Gasteiger charge is 2.27. The number of nitrogens with one attached hydrogen (secondary N) is 1. The van der Waals surface area contributed by atoms with Gasteiger partial charge in [-0.2, -0.15) is 0 Å². The molecule has 164 valence electrons. The Morgan fingerprint density at radius 1 is 0.875 bits per heavy atom. The van der Waals surface area contributed by atoms with E-state index >= 15 is 0 Å². The summed E-state index contributed by atoms with van der Waals surface area (Å²) in [6.45, 7) is 1.09. The molecule has 0 bridgehead atoms. The van der Waals surface area contributed by atoms with E-state index in [1.54, 1.807) is 47.4 Å². The van der Waals surface area contributed by atoms with Crippen LogP contribution in [0.3, 0.4) is 0 Å². The van der Waals surface area contributed by atoms with Crippen molar-refractivity contribution in [3.8, 4) is 0 Å². The molecule has 3 aromatic carbocycles. The maximum atomic E-state index is 14.0. The quantitative estimate of drug-likeness (QED) is 0.595. The van der Waals surface area contributed by atoms with Gasteiger partial charge in [0, 0.05) is 30.0 Å². The Labute approximate surface area is 183 Å². The number of carbonyl (C=O) groups excluding carboxylic acids is 2. The van der Waals surface area contributed by atoms with Gasteiger partial charge in [-0.15, -0.1) is 0 Å². The van der Waals surface area contributed by atoms with E-state index in [-0.39, 0.29) is 24.1 Å². The summed E-state index contributed by atoms with van der Waals surface area (Å²) in [4.78, 5) is 28.5. The van der Waals surface area contributed by atoms with Gasteiger partial charge in [-0.3, -0.25) is 9.69 Å². The second-order valence-electron chi connectivity index (χ2n) is 7.40. The SMILES string of the molecule is O=C(Nc1cccc(N2CCCN(Cc3ccccc3F)C2=O)c1)c1c(F)cccc1F. The van der Waals surface area contributed by atoms with Crippen LogP contribution in [0.4, 0.5) is 29.3 Å². The first kappa shape index (κ1) is 21.4. The first-order chi connectivity index (χ1) is 15.4. The number of halogens is 3. The maximum Gasteiger partial charge on any atom is 0.324 e. The number of urea groups is 1. The Morgan fingerprint density at radius 3 is 2.31 bits per heavy atom. The molecule has 3 aromatic rings. The highest BCUT2D eigenvalue weighted by molar-refractivity contribution is 6.05. The third kappa shape index (κ3) is 4.44. The molecule has 0 unspecified atom stereocenters. The molecule has 32 heavy (non-hydrogen) atoms. The molecular weight excluding hydrogens is 419 g/mol. The van der Waals surface area contributed by atoms with Gasteiger partial charge in [-0.1, -0.05) is 30.3 Å². The van der Waals surface area contributed by atoms with Crippen molar-refractivity contribution in [1.29, 1.82) is 0 Å². The van der Waals surface area contributed by atoms with Crippen molar-refractivity contribution in [2.24, 2.45) is 0 Å². The lowest BCUT2D eigenvalue weighted by molar-refractivity contribution is 0.101. The number of amides is 3. The van der Waals surface area contributed by atoms with E-state index in [2.05, 4.69) is 5.32 Å². The van der Waals surface area contributed by atoms with Crippen LogP contribution in [0, 0.1) is 17.5 Å². The number of anilines is 2. The van der Waals surface area contributed by atoms with Gasteiger partial charge in [-0.05, 0) is 42.8 Å². The second-order valence-corrected chi connectivity index (χ2v) is 7.40. The Balaban J connectivity index is 1.51. The smallest absolute Gasteiger partial charge is 0.322 e. The van der Waals surface area contributed by atoms with Gasteiger partial charge in [-0.25, -0.2) is 18.0 Å². The largest absolute Gasteiger partial charge is 0.324 e. The molecule has 1 fully saturated rings. The van der Waals surface area contributed by atoms with Crippen LogP contribution in [0.2, 0.25) is 0 Å². The molecule has 0 aliphatic carbocycles. The third-order valence-corrected chi connectivity index (χ3v) is 5.24. The van der Waals surface area contributed by atoms with Gasteiger partial charge in [0.1, 0.15) is 23.0 Å². The second kappa shape index (κ2) is 9.13. The van der Waals surface area contributed by atoms with Crippen molar-refractivity contribution in [1.82, 2.24) is 4.90 Å². The van der Waals surface area contributed by atoms with Crippen molar-refractivity contribution < 1.29 is 22.8 Å². The molecule has 1 aliphatic rings. The van der Waals surface area contributed by atoms with Gasteiger partial charge in [0.05, 0.1) is 6.54 Å². The lowest BCUT2D eigenvalue weighted by atomic mass is 10.1. The monoisotopic (exact) mass is 439 g/mol. The average molecular weight is 439 g/mol. The van der Waals surface area contributed by atoms with Crippen molar-refractivity contribution in [2.75, 3.05) is 23.3 Å². The van der Waals surface area contributed by atoms with Crippen molar-refractivity contribution >= 4 is 23.3 Å². The fourth-order valence-corrected chi connectivity index (χ4v) is 3.66. The van der Waals surface area contributed by atoms with E-state index in [4.69, 9.17) is 0 Å². The van der Waals surface area contributed by atoms with Crippen molar-refractivity contribution in [3.63, 3.8) is 0 Å². The average Bonchev–Trinajstić information content (AvgIpc) is 2.77. The zero-order valence-corrected chi connectivity index (χ0v) is 17.0. The molecule has 0 saturated carbocycles. The van der Waals surface area contributed by atoms with Gasteiger partial charge >= 0.3 is 6.03 Å². The highest BCUT2D eigenvalue weighted by Crippen LogP contribution is 2.25. The van der Waals surface area contributed by atoms with Crippen LogP contribution in [0.15, 0.2) is 66.7 Å². The van der Waals surface area contributed by atoms with Crippen LogP contribution >= 0.6 is 0 Å². The van der Waals surface area contributed by atoms with E-state index in [0.717, 1.165) is 12.1 Å². The Bertz CT molecular complexity index is 1150. The van der Waals surface area contributed by atoms with Crippen LogP contribution in [0.25, 0.3) is 0 Å². The zero-order valence-electron chi connectivity index (χ0n) is 17.0. The zero-order chi connectivity index (χ0) is 22.7. The number of hydrogen-bond donors (Lipinski definition) is 1. The molecule has 1 aliphatic heterocycles. The van der Waals surface area contributed by atoms with E-state index in [9.17, 15) is 22.8 Å². The summed E-state index contributed by atoms with van der Waals surface area (Å²) >= 11 is 0. The number of hydrogen-bond acceptors (Lipinski definition) is 2. The predicted molar refractivity (Wildman–Crippen MR) is 115 cm³/mol. The topological polar surface area (TPSA) is 52.7 Å². The Kier molecular flexibility index (Phi) is 6.11. The third-order valence-electron chi connectivity index (χ3n) is 5.24. The van der Waals surface area contributed by atoms with Crippen molar-refractivity contribution in [2.45, 2.75) is 13.0 Å². The van der Waals surface area contributed by atoms with Crippen LogP contribution < -0.4 is 10.2 Å². The summed E-state index contributed by atoms with van der Waals surface area (Å²) in [6.07, 6.45) is 0.678. The number of benzene rings is 3. The first-order valence-corrected chi connectivity index (χ1v) is 10.1. The normalized spacial score (nSPS) is 13.9. The van der Waals surface area contributed by atoms with E-state index in [1.165, 1.54) is 17.0 Å². The maximum absolute atomic E-state index is 14.0. The fourth-order valence-electron chi connectivity index (χ4n) is 3.66. The summed E-state index contributed by atoms with van der Waals surface area (Å²) in [5.74, 6) is -3.23. The van der Waals surface area contributed by atoms with Gasteiger partial charge in [0.2, 0.25) is 0 Å². The molecule has 1 saturated heterocycles. The molecule has 1 N–H and O–H groups in total. The number of nitrogens with zero attached hydrogens (tertiary/aromatic N) is 2. The summed E-state index contributed by atoms with van der Waals surface area (Å²) in [5, 5.41) is 2.47. The summed E-state index contributed by atoms with van der Waals surface area (Å²) < 4.78 is 41.8. The molecule has 0 radical (unpaired) electrons. The predicted octanol–water partition coefficient (Wildman–Crippen LogP) is 5.19. The van der Waals surface area contributed by atoms with Crippen LogP contribution in [0.1, 0.15) is 22.3 Å². The fraction of sp³-hybridized carbons (Fsp3) is 0.167. The molecule has 5 nitrogen and oxygen atoms in total. The highest BCUT2D eigenvalue weighted by atomic mass is 19.1. The molecule has 8 heteroatoms. The van der Waals surface area contributed by atoms with Crippen LogP contribution in [0.5, 0.6) is 0 Å². The lowest BCUT2D eigenvalue weighted by Gasteiger charge is -2.36. The number of carbonyl (C=O) groups is 2. The number of rotatable bonds is 5. The molecule has 4 rings (SSSR count). The van der Waals surface area contributed by atoms with Gasteiger partial charge in [0.15, 0.2) is 0 Å². The standard InChI is InChI=1S/C24H20F3N3O2/c25-19-9-2-1-6-16(19)15-29-12-5-13-30(24(29)32)18-8-3-7-17(14-18)28-23(31)22-20(26)10-4-11-21(22)27/h1-4,6-11,14H,5,12-13,15H2,(H,28,31). The summed E-state index contributed by atoms with van der Waals surface area (Å²) in [7, 11) is 0. The molecule has 0 spiro atoms. The Morgan fingerprint density at radius 2 is 1.56 bits per heavy atom. The summed E-state index contributed by atoms with van der Waals surface area (Å²) in [6, 6.07) is 15.6.